The van der Waals surface area contributed by atoms with E-state index in [1.807, 2.05) is 12.1 Å². The number of carbonyl (C=O) groups excluding carboxylic acids is 1. The van der Waals surface area contributed by atoms with Crippen LogP contribution in [0.1, 0.15) is 12.0 Å². The summed E-state index contributed by atoms with van der Waals surface area (Å²) in [5.41, 5.74) is 0.846. The van der Waals surface area contributed by atoms with E-state index in [1.165, 1.54) is 0 Å². The fourth-order valence-electron chi connectivity index (χ4n) is 1.20. The number of hydrogen-bond donors (Lipinski definition) is 0. The van der Waals surface area contributed by atoms with Gasteiger partial charge in [0.05, 0.1) is 6.42 Å². The standard InChI is InChI=1S/C10H7ClO2/c11-8-3-1-2-7(6-8)9-4-5-10(12)13-9/h1-4,6H,5H2. The second-order valence-corrected chi connectivity index (χ2v) is 3.19. The zero-order valence-corrected chi connectivity index (χ0v) is 7.54. The van der Waals surface area contributed by atoms with Crippen molar-refractivity contribution in [2.75, 3.05) is 0 Å². The van der Waals surface area contributed by atoms with Crippen molar-refractivity contribution in [1.82, 2.24) is 0 Å². The summed E-state index contributed by atoms with van der Waals surface area (Å²) in [6.07, 6.45) is 2.11. The Morgan fingerprint density at radius 1 is 1.38 bits per heavy atom. The van der Waals surface area contributed by atoms with Crippen LogP contribution < -0.4 is 0 Å². The van der Waals surface area contributed by atoms with Crippen molar-refractivity contribution < 1.29 is 9.53 Å². The van der Waals surface area contributed by atoms with Crippen LogP contribution in [0.15, 0.2) is 30.3 Å². The Kier molecular flexibility index (Phi) is 2.07. The largest absolute Gasteiger partial charge is 0.426 e. The van der Waals surface area contributed by atoms with Crippen molar-refractivity contribution in [3.05, 3.63) is 40.9 Å². The zero-order chi connectivity index (χ0) is 9.26. The molecule has 2 rings (SSSR count). The highest BCUT2D eigenvalue weighted by atomic mass is 35.5. The number of cyclic esters (lactones) is 1. The Labute approximate surface area is 80.8 Å². The Balaban J connectivity index is 2.31. The minimum absolute atomic E-state index is 0.213. The summed E-state index contributed by atoms with van der Waals surface area (Å²) in [5.74, 6) is 0.391. The van der Waals surface area contributed by atoms with Crippen LogP contribution in [0.4, 0.5) is 0 Å². The first-order chi connectivity index (χ1) is 6.25. The molecule has 0 radical (unpaired) electrons. The molecule has 0 unspecified atom stereocenters. The van der Waals surface area contributed by atoms with Crippen molar-refractivity contribution in [3.63, 3.8) is 0 Å². The van der Waals surface area contributed by atoms with E-state index in [1.54, 1.807) is 18.2 Å². The zero-order valence-electron chi connectivity index (χ0n) is 6.79. The summed E-state index contributed by atoms with van der Waals surface area (Å²) in [6, 6.07) is 7.23. The van der Waals surface area contributed by atoms with Crippen LogP contribution in [0.5, 0.6) is 0 Å². The Morgan fingerprint density at radius 3 is 2.85 bits per heavy atom. The van der Waals surface area contributed by atoms with Crippen LogP contribution in [0.2, 0.25) is 5.02 Å². The summed E-state index contributed by atoms with van der Waals surface area (Å²) >= 11 is 5.79. The summed E-state index contributed by atoms with van der Waals surface area (Å²) in [6.45, 7) is 0. The number of ether oxygens (including phenoxy) is 1. The predicted molar refractivity (Wildman–Crippen MR) is 50.1 cm³/mol. The lowest BCUT2D eigenvalue weighted by atomic mass is 10.2. The van der Waals surface area contributed by atoms with E-state index in [-0.39, 0.29) is 5.97 Å². The van der Waals surface area contributed by atoms with E-state index in [0.717, 1.165) is 5.56 Å². The Morgan fingerprint density at radius 2 is 2.23 bits per heavy atom. The quantitative estimate of drug-likeness (QED) is 0.643. The van der Waals surface area contributed by atoms with Crippen molar-refractivity contribution in [1.29, 1.82) is 0 Å². The molecule has 0 aromatic heterocycles. The summed E-state index contributed by atoms with van der Waals surface area (Å²) in [7, 11) is 0. The van der Waals surface area contributed by atoms with Crippen molar-refractivity contribution in [2.45, 2.75) is 6.42 Å². The van der Waals surface area contributed by atoms with Crippen LogP contribution in [0.25, 0.3) is 5.76 Å². The molecule has 1 aromatic carbocycles. The van der Waals surface area contributed by atoms with E-state index in [0.29, 0.717) is 17.2 Å². The van der Waals surface area contributed by atoms with Gasteiger partial charge in [-0.3, -0.25) is 4.79 Å². The van der Waals surface area contributed by atoms with Gasteiger partial charge >= 0.3 is 5.97 Å². The second kappa shape index (κ2) is 3.23. The lowest BCUT2D eigenvalue weighted by molar-refractivity contribution is -0.134. The van der Waals surface area contributed by atoms with Gasteiger partial charge in [0.15, 0.2) is 0 Å². The molecule has 0 saturated carbocycles. The molecule has 0 atom stereocenters. The number of hydrogen-bond acceptors (Lipinski definition) is 2. The summed E-state index contributed by atoms with van der Waals surface area (Å²) in [5, 5.41) is 0.640. The van der Waals surface area contributed by atoms with Crippen LogP contribution in [-0.2, 0) is 9.53 Å². The van der Waals surface area contributed by atoms with E-state index in [9.17, 15) is 4.79 Å². The fraction of sp³-hybridized carbons (Fsp3) is 0.100. The first-order valence-electron chi connectivity index (χ1n) is 3.92. The molecule has 0 amide bonds. The molecule has 0 bridgehead atoms. The molecule has 1 aliphatic rings. The topological polar surface area (TPSA) is 26.3 Å². The Bertz CT molecular complexity index is 382. The smallest absolute Gasteiger partial charge is 0.315 e. The first kappa shape index (κ1) is 8.32. The highest BCUT2D eigenvalue weighted by Crippen LogP contribution is 2.24. The van der Waals surface area contributed by atoms with Gasteiger partial charge in [-0.2, -0.15) is 0 Å². The Hall–Kier alpha value is -1.28. The summed E-state index contributed by atoms with van der Waals surface area (Å²) < 4.78 is 4.97. The van der Waals surface area contributed by atoms with Gasteiger partial charge in [0.25, 0.3) is 0 Å². The fourth-order valence-corrected chi connectivity index (χ4v) is 1.39. The maximum Gasteiger partial charge on any atom is 0.315 e. The van der Waals surface area contributed by atoms with Gasteiger partial charge in [0, 0.05) is 10.6 Å². The third-order valence-corrected chi connectivity index (χ3v) is 2.02. The highest BCUT2D eigenvalue weighted by molar-refractivity contribution is 6.30. The average molecular weight is 195 g/mol. The van der Waals surface area contributed by atoms with Gasteiger partial charge in [-0.05, 0) is 18.2 Å². The molecular weight excluding hydrogens is 188 g/mol. The average Bonchev–Trinajstić information content (AvgIpc) is 2.52. The minimum Gasteiger partial charge on any atom is -0.426 e. The van der Waals surface area contributed by atoms with Gasteiger partial charge in [0.2, 0.25) is 0 Å². The monoisotopic (exact) mass is 194 g/mol. The molecule has 0 N–H and O–H groups in total. The number of carbonyl (C=O) groups is 1. The second-order valence-electron chi connectivity index (χ2n) is 2.76. The minimum atomic E-state index is -0.213. The first-order valence-corrected chi connectivity index (χ1v) is 4.30. The predicted octanol–water partition coefficient (Wildman–Crippen LogP) is 2.63. The van der Waals surface area contributed by atoms with Crippen molar-refractivity contribution in [3.8, 4) is 0 Å². The van der Waals surface area contributed by atoms with Gasteiger partial charge in [-0.15, -0.1) is 0 Å². The molecule has 0 spiro atoms. The number of benzene rings is 1. The van der Waals surface area contributed by atoms with E-state index in [2.05, 4.69) is 0 Å². The van der Waals surface area contributed by atoms with Gasteiger partial charge in [0.1, 0.15) is 5.76 Å². The molecule has 1 aliphatic heterocycles. The van der Waals surface area contributed by atoms with Gasteiger partial charge in [-0.1, -0.05) is 23.7 Å². The molecule has 0 aliphatic carbocycles. The molecular formula is C10H7ClO2. The van der Waals surface area contributed by atoms with Crippen LogP contribution in [-0.4, -0.2) is 5.97 Å². The lowest BCUT2D eigenvalue weighted by Gasteiger charge is -2.01. The molecule has 1 aromatic rings. The maximum atomic E-state index is 10.8. The highest BCUT2D eigenvalue weighted by Gasteiger charge is 2.15. The summed E-state index contributed by atoms with van der Waals surface area (Å²) in [4.78, 5) is 10.8. The number of halogens is 1. The molecule has 0 saturated heterocycles. The van der Waals surface area contributed by atoms with E-state index < -0.39 is 0 Å². The van der Waals surface area contributed by atoms with Crippen molar-refractivity contribution in [2.24, 2.45) is 0 Å². The maximum absolute atomic E-state index is 10.8. The third kappa shape index (κ3) is 1.73. The van der Waals surface area contributed by atoms with E-state index >= 15 is 0 Å². The van der Waals surface area contributed by atoms with Gasteiger partial charge < -0.3 is 4.74 Å². The van der Waals surface area contributed by atoms with Crippen LogP contribution in [0, 0.1) is 0 Å². The number of esters is 1. The molecule has 3 heteroatoms. The molecule has 2 nitrogen and oxygen atoms in total. The van der Waals surface area contributed by atoms with Crippen LogP contribution >= 0.6 is 11.6 Å². The van der Waals surface area contributed by atoms with Crippen molar-refractivity contribution >= 4 is 23.3 Å². The lowest BCUT2D eigenvalue weighted by Crippen LogP contribution is -1.93. The number of rotatable bonds is 1. The third-order valence-electron chi connectivity index (χ3n) is 1.79. The van der Waals surface area contributed by atoms with E-state index in [4.69, 9.17) is 16.3 Å². The van der Waals surface area contributed by atoms with Crippen LogP contribution in [0.3, 0.4) is 0 Å². The molecule has 13 heavy (non-hydrogen) atoms. The SMILES string of the molecule is O=C1CC=C(c2cccc(Cl)c2)O1. The normalized spacial score (nSPS) is 15.5. The molecule has 66 valence electrons. The molecule has 1 heterocycles. The van der Waals surface area contributed by atoms with Gasteiger partial charge in [-0.25, -0.2) is 0 Å². The molecule has 0 fully saturated rings.